The van der Waals surface area contributed by atoms with Crippen LogP contribution in [0.2, 0.25) is 0 Å². The summed E-state index contributed by atoms with van der Waals surface area (Å²) >= 11 is 0. The van der Waals surface area contributed by atoms with Crippen LogP contribution in [0.15, 0.2) is 47.1 Å². The minimum absolute atomic E-state index is 0.316. The Morgan fingerprint density at radius 1 is 0.960 bits per heavy atom. The average Bonchev–Trinajstić information content (AvgIpc) is 2.52. The van der Waals surface area contributed by atoms with Gasteiger partial charge in [-0.25, -0.2) is 0 Å². The molecule has 0 atom stereocenters. The molecule has 0 aliphatic rings. The zero-order valence-electron chi connectivity index (χ0n) is 16.8. The zero-order valence-corrected chi connectivity index (χ0v) is 16.8. The standard InChI is InChI=1S/C23H34O2/c1-17(2)9-7-10-18(3)11-8-12-19(4)13-14-21-22(24)15-20(5)16-23(21)25-6/h9,11,13,15-16,24H,7-8,10,12,14H2,1-6H3/b18-11+,19-13+. The number of hydrogen-bond donors (Lipinski definition) is 1. The molecule has 2 heteroatoms. The van der Waals surface area contributed by atoms with Gasteiger partial charge in [0.2, 0.25) is 0 Å². The van der Waals surface area contributed by atoms with Gasteiger partial charge in [-0.15, -0.1) is 0 Å². The molecule has 1 aromatic rings. The van der Waals surface area contributed by atoms with E-state index in [0.717, 1.165) is 42.6 Å². The van der Waals surface area contributed by atoms with Gasteiger partial charge in [0.05, 0.1) is 7.11 Å². The molecule has 0 aromatic heterocycles. The van der Waals surface area contributed by atoms with Crippen LogP contribution in [-0.4, -0.2) is 12.2 Å². The maximum atomic E-state index is 10.2. The van der Waals surface area contributed by atoms with Gasteiger partial charge in [0.1, 0.15) is 11.5 Å². The van der Waals surface area contributed by atoms with Crippen LogP contribution in [0.25, 0.3) is 0 Å². The second kappa shape index (κ2) is 10.8. The lowest BCUT2D eigenvalue weighted by molar-refractivity contribution is 0.400. The van der Waals surface area contributed by atoms with Gasteiger partial charge < -0.3 is 9.84 Å². The van der Waals surface area contributed by atoms with Gasteiger partial charge in [0, 0.05) is 5.56 Å². The summed E-state index contributed by atoms with van der Waals surface area (Å²) in [7, 11) is 1.65. The molecule has 0 spiro atoms. The SMILES string of the molecule is COc1cc(C)cc(O)c1C/C=C(\C)CC/C=C(\C)CCC=C(C)C. The Morgan fingerprint density at radius 3 is 2.16 bits per heavy atom. The van der Waals surface area contributed by atoms with E-state index in [1.54, 1.807) is 13.2 Å². The smallest absolute Gasteiger partial charge is 0.126 e. The van der Waals surface area contributed by atoms with Crippen LogP contribution in [0.5, 0.6) is 11.5 Å². The maximum Gasteiger partial charge on any atom is 0.126 e. The van der Waals surface area contributed by atoms with Crippen LogP contribution in [0, 0.1) is 6.92 Å². The molecule has 1 aromatic carbocycles. The third kappa shape index (κ3) is 8.11. The van der Waals surface area contributed by atoms with E-state index in [-0.39, 0.29) is 0 Å². The molecular weight excluding hydrogens is 308 g/mol. The fourth-order valence-corrected chi connectivity index (χ4v) is 2.77. The van der Waals surface area contributed by atoms with E-state index in [1.807, 2.05) is 13.0 Å². The number of phenols is 1. The molecular formula is C23H34O2. The van der Waals surface area contributed by atoms with Crippen molar-refractivity contribution in [3.05, 3.63) is 58.2 Å². The molecule has 0 aliphatic heterocycles. The second-order valence-corrected chi connectivity index (χ2v) is 7.13. The number of allylic oxidation sites excluding steroid dienone is 6. The number of rotatable bonds is 9. The number of aromatic hydroxyl groups is 1. The van der Waals surface area contributed by atoms with Gasteiger partial charge in [-0.3, -0.25) is 0 Å². The molecule has 1 rings (SSSR count). The van der Waals surface area contributed by atoms with Gasteiger partial charge in [-0.2, -0.15) is 0 Å². The van der Waals surface area contributed by atoms with E-state index in [0.29, 0.717) is 12.2 Å². The van der Waals surface area contributed by atoms with Crippen molar-refractivity contribution in [2.75, 3.05) is 7.11 Å². The summed E-state index contributed by atoms with van der Waals surface area (Å²) in [6.45, 7) is 10.6. The molecule has 138 valence electrons. The maximum absolute atomic E-state index is 10.2. The van der Waals surface area contributed by atoms with Crippen molar-refractivity contribution in [2.45, 2.75) is 66.7 Å². The Labute approximate surface area is 153 Å². The average molecular weight is 343 g/mol. The van der Waals surface area contributed by atoms with E-state index < -0.39 is 0 Å². The van der Waals surface area contributed by atoms with Crippen molar-refractivity contribution in [1.29, 1.82) is 0 Å². The molecule has 0 radical (unpaired) electrons. The topological polar surface area (TPSA) is 29.5 Å². The molecule has 0 heterocycles. The van der Waals surface area contributed by atoms with Crippen LogP contribution in [-0.2, 0) is 6.42 Å². The highest BCUT2D eigenvalue weighted by Crippen LogP contribution is 2.30. The molecule has 25 heavy (non-hydrogen) atoms. The first-order valence-corrected chi connectivity index (χ1v) is 9.14. The number of benzene rings is 1. The first-order valence-electron chi connectivity index (χ1n) is 9.14. The van der Waals surface area contributed by atoms with E-state index in [1.165, 1.54) is 16.7 Å². The first-order chi connectivity index (χ1) is 11.8. The largest absolute Gasteiger partial charge is 0.508 e. The minimum atomic E-state index is 0.316. The van der Waals surface area contributed by atoms with Crippen LogP contribution in [0.4, 0.5) is 0 Å². The Balaban J connectivity index is 2.56. The van der Waals surface area contributed by atoms with Crippen molar-refractivity contribution in [1.82, 2.24) is 0 Å². The predicted octanol–water partition coefficient (Wildman–Crippen LogP) is 6.67. The van der Waals surface area contributed by atoms with Crippen LogP contribution >= 0.6 is 0 Å². The van der Waals surface area contributed by atoms with Crippen molar-refractivity contribution in [3.8, 4) is 11.5 Å². The molecule has 0 bridgehead atoms. The highest BCUT2D eigenvalue weighted by Gasteiger charge is 2.08. The summed E-state index contributed by atoms with van der Waals surface area (Å²) in [6, 6.07) is 3.76. The van der Waals surface area contributed by atoms with Crippen molar-refractivity contribution in [3.63, 3.8) is 0 Å². The van der Waals surface area contributed by atoms with E-state index in [9.17, 15) is 5.11 Å². The molecule has 2 nitrogen and oxygen atoms in total. The van der Waals surface area contributed by atoms with Crippen molar-refractivity contribution in [2.24, 2.45) is 0 Å². The lowest BCUT2D eigenvalue weighted by Crippen LogP contribution is -1.93. The normalized spacial score (nSPS) is 12.2. The van der Waals surface area contributed by atoms with Gasteiger partial charge in [-0.05, 0) is 84.4 Å². The first kappa shape index (κ1) is 21.1. The fourth-order valence-electron chi connectivity index (χ4n) is 2.77. The van der Waals surface area contributed by atoms with Crippen molar-refractivity contribution < 1.29 is 9.84 Å². The third-order valence-electron chi connectivity index (χ3n) is 4.33. The fraction of sp³-hybridized carbons (Fsp3) is 0.478. The summed E-state index contributed by atoms with van der Waals surface area (Å²) < 4.78 is 5.40. The van der Waals surface area contributed by atoms with Gasteiger partial charge in [0.15, 0.2) is 0 Å². The molecule has 0 unspecified atom stereocenters. The van der Waals surface area contributed by atoms with E-state index >= 15 is 0 Å². The zero-order chi connectivity index (χ0) is 18.8. The Morgan fingerprint density at radius 2 is 1.56 bits per heavy atom. The Hall–Kier alpha value is -1.96. The summed E-state index contributed by atoms with van der Waals surface area (Å²) in [6.07, 6.45) is 11.9. The van der Waals surface area contributed by atoms with Gasteiger partial charge in [0.25, 0.3) is 0 Å². The van der Waals surface area contributed by atoms with Crippen LogP contribution in [0.3, 0.4) is 0 Å². The number of ether oxygens (including phenoxy) is 1. The third-order valence-corrected chi connectivity index (χ3v) is 4.33. The molecule has 0 saturated carbocycles. The van der Waals surface area contributed by atoms with Gasteiger partial charge >= 0.3 is 0 Å². The minimum Gasteiger partial charge on any atom is -0.508 e. The summed E-state index contributed by atoms with van der Waals surface area (Å²) in [4.78, 5) is 0. The lowest BCUT2D eigenvalue weighted by Gasteiger charge is -2.10. The molecule has 1 N–H and O–H groups in total. The monoisotopic (exact) mass is 342 g/mol. The lowest BCUT2D eigenvalue weighted by atomic mass is 10.0. The number of phenolic OH excluding ortho intramolecular Hbond substituents is 1. The van der Waals surface area contributed by atoms with E-state index in [4.69, 9.17) is 4.74 Å². The molecule has 0 fully saturated rings. The summed E-state index contributed by atoms with van der Waals surface area (Å²) in [5, 5.41) is 10.2. The summed E-state index contributed by atoms with van der Waals surface area (Å²) in [5.74, 6) is 1.08. The second-order valence-electron chi connectivity index (χ2n) is 7.13. The molecule has 0 amide bonds. The van der Waals surface area contributed by atoms with Gasteiger partial charge in [-0.1, -0.05) is 34.9 Å². The van der Waals surface area contributed by atoms with Crippen LogP contribution in [0.1, 0.15) is 64.5 Å². The number of methoxy groups -OCH3 is 1. The highest BCUT2D eigenvalue weighted by atomic mass is 16.5. The van der Waals surface area contributed by atoms with E-state index in [2.05, 4.69) is 45.9 Å². The van der Waals surface area contributed by atoms with Crippen molar-refractivity contribution >= 4 is 0 Å². The molecule has 0 saturated heterocycles. The number of hydrogen-bond acceptors (Lipinski definition) is 2. The quantitative estimate of drug-likeness (QED) is 0.508. The highest BCUT2D eigenvalue weighted by molar-refractivity contribution is 5.48. The number of aryl methyl sites for hydroxylation is 1. The van der Waals surface area contributed by atoms with Crippen LogP contribution < -0.4 is 4.74 Å². The summed E-state index contributed by atoms with van der Waals surface area (Å²) in [5.41, 5.74) is 6.06. The molecule has 0 aliphatic carbocycles. The Bertz CT molecular complexity index is 644. The Kier molecular flexibility index (Phi) is 9.12. The predicted molar refractivity (Wildman–Crippen MR) is 109 cm³/mol.